The maximum absolute atomic E-state index is 5.23. The molecular weight excluding hydrogens is 390 g/mol. The summed E-state index contributed by atoms with van der Waals surface area (Å²) in [5.74, 6) is 1.73. The predicted octanol–water partition coefficient (Wildman–Crippen LogP) is 3.04. The number of methoxy groups -OCH3 is 1. The number of hydrogen-bond donors (Lipinski definition) is 0. The number of imidazole rings is 1. The summed E-state index contributed by atoms with van der Waals surface area (Å²) in [6, 6.07) is 18.3. The van der Waals surface area contributed by atoms with Crippen LogP contribution in [0.2, 0.25) is 0 Å². The summed E-state index contributed by atoms with van der Waals surface area (Å²) in [5, 5.41) is 12.8. The number of tetrazole rings is 1. The van der Waals surface area contributed by atoms with Gasteiger partial charge in [0.05, 0.1) is 24.9 Å². The number of aryl methyl sites for hydroxylation is 1. The molecule has 1 atom stereocenters. The van der Waals surface area contributed by atoms with Crippen LogP contribution in [0, 0.1) is 6.92 Å². The van der Waals surface area contributed by atoms with Crippen molar-refractivity contribution < 1.29 is 4.74 Å². The lowest BCUT2D eigenvalue weighted by Crippen LogP contribution is -2.29. The fraction of sp³-hybridized carbons (Fsp3) is 0.304. The van der Waals surface area contributed by atoms with Gasteiger partial charge in [-0.3, -0.25) is 4.90 Å². The summed E-state index contributed by atoms with van der Waals surface area (Å²) in [7, 11) is 3.78. The van der Waals surface area contributed by atoms with Crippen molar-refractivity contribution in [1.82, 2.24) is 34.7 Å². The first-order valence-electron chi connectivity index (χ1n) is 10.3. The van der Waals surface area contributed by atoms with Gasteiger partial charge in [-0.05, 0) is 41.6 Å². The average Bonchev–Trinajstić information content (AvgIpc) is 3.43. The normalized spacial score (nSPS) is 12.4. The Morgan fingerprint density at radius 3 is 2.61 bits per heavy atom. The van der Waals surface area contributed by atoms with E-state index in [1.165, 1.54) is 0 Å². The number of hydrogen-bond acceptors (Lipinski definition) is 6. The molecule has 0 saturated carbocycles. The van der Waals surface area contributed by atoms with Crippen LogP contribution in [0.25, 0.3) is 5.69 Å². The zero-order valence-corrected chi connectivity index (χ0v) is 18.1. The molecule has 0 radical (unpaired) electrons. The lowest BCUT2D eigenvalue weighted by atomic mass is 10.0. The number of para-hydroxylation sites is 1. The first-order chi connectivity index (χ1) is 15.2. The minimum absolute atomic E-state index is 0.150. The van der Waals surface area contributed by atoms with Crippen molar-refractivity contribution in [3.8, 4) is 5.69 Å². The molecule has 0 spiro atoms. The smallest absolute Gasteiger partial charge is 0.178 e. The van der Waals surface area contributed by atoms with Gasteiger partial charge in [0.15, 0.2) is 5.82 Å². The average molecular weight is 418 g/mol. The van der Waals surface area contributed by atoms with Crippen molar-refractivity contribution in [2.24, 2.45) is 0 Å². The highest BCUT2D eigenvalue weighted by molar-refractivity contribution is 5.40. The van der Waals surface area contributed by atoms with Gasteiger partial charge in [0.1, 0.15) is 5.82 Å². The van der Waals surface area contributed by atoms with Crippen molar-refractivity contribution in [3.63, 3.8) is 0 Å². The third-order valence-corrected chi connectivity index (χ3v) is 5.37. The molecule has 4 aromatic rings. The van der Waals surface area contributed by atoms with E-state index in [4.69, 9.17) is 4.74 Å². The van der Waals surface area contributed by atoms with Crippen LogP contribution in [0.4, 0.5) is 0 Å². The summed E-state index contributed by atoms with van der Waals surface area (Å²) < 4.78 is 9.19. The molecule has 0 aliphatic carbocycles. The topological polar surface area (TPSA) is 73.9 Å². The van der Waals surface area contributed by atoms with Gasteiger partial charge in [-0.2, -0.15) is 4.68 Å². The molecule has 2 aromatic heterocycles. The van der Waals surface area contributed by atoms with E-state index in [2.05, 4.69) is 62.1 Å². The molecular formula is C23H27N7O. The van der Waals surface area contributed by atoms with Gasteiger partial charge in [0, 0.05) is 26.0 Å². The predicted molar refractivity (Wildman–Crippen MR) is 118 cm³/mol. The molecule has 2 aromatic carbocycles. The van der Waals surface area contributed by atoms with Gasteiger partial charge >= 0.3 is 0 Å². The van der Waals surface area contributed by atoms with E-state index < -0.39 is 0 Å². The fourth-order valence-corrected chi connectivity index (χ4v) is 3.77. The third-order valence-electron chi connectivity index (χ3n) is 5.37. The van der Waals surface area contributed by atoms with Crippen LogP contribution in [0.1, 0.15) is 28.8 Å². The molecule has 2 heterocycles. The van der Waals surface area contributed by atoms with Crippen LogP contribution in [0.3, 0.4) is 0 Å². The van der Waals surface area contributed by atoms with Crippen LogP contribution in [-0.4, -0.2) is 55.4 Å². The Kier molecular flexibility index (Phi) is 6.49. The standard InChI is InChI=1S/C23H27N7O/c1-18-9-7-8-12-20(18)30-23(25-26-27-30)22(19-10-5-4-6-11-19)28(2)17-21-24-13-14-29(21)15-16-31-3/h4-14,22H,15-17H2,1-3H3. The maximum Gasteiger partial charge on any atom is 0.178 e. The molecule has 0 bridgehead atoms. The van der Waals surface area contributed by atoms with E-state index in [1.807, 2.05) is 53.5 Å². The van der Waals surface area contributed by atoms with Crippen molar-refractivity contribution in [3.05, 3.63) is 89.8 Å². The van der Waals surface area contributed by atoms with E-state index in [9.17, 15) is 0 Å². The van der Waals surface area contributed by atoms with E-state index in [1.54, 1.807) is 7.11 Å². The van der Waals surface area contributed by atoms with Crippen LogP contribution in [0.15, 0.2) is 67.0 Å². The molecule has 0 fully saturated rings. The second-order valence-corrected chi connectivity index (χ2v) is 7.49. The first kappa shape index (κ1) is 20.9. The molecule has 31 heavy (non-hydrogen) atoms. The SMILES string of the molecule is COCCn1ccnc1CN(C)C(c1ccccc1)c1nnnn1-c1ccccc1C. The van der Waals surface area contributed by atoms with Gasteiger partial charge in [0.2, 0.25) is 0 Å². The molecule has 0 aliphatic heterocycles. The molecule has 0 aliphatic rings. The van der Waals surface area contributed by atoms with E-state index in [0.29, 0.717) is 13.2 Å². The molecule has 4 rings (SSSR count). The van der Waals surface area contributed by atoms with Crippen molar-refractivity contribution in [2.75, 3.05) is 20.8 Å². The highest BCUT2D eigenvalue weighted by Gasteiger charge is 2.27. The Morgan fingerprint density at radius 2 is 1.84 bits per heavy atom. The van der Waals surface area contributed by atoms with Gasteiger partial charge in [-0.25, -0.2) is 4.98 Å². The van der Waals surface area contributed by atoms with Crippen molar-refractivity contribution >= 4 is 0 Å². The lowest BCUT2D eigenvalue weighted by Gasteiger charge is -2.27. The second kappa shape index (κ2) is 9.63. The highest BCUT2D eigenvalue weighted by atomic mass is 16.5. The van der Waals surface area contributed by atoms with Crippen LogP contribution in [0.5, 0.6) is 0 Å². The van der Waals surface area contributed by atoms with Gasteiger partial charge in [-0.15, -0.1) is 5.10 Å². The maximum atomic E-state index is 5.23. The number of rotatable bonds is 9. The quantitative estimate of drug-likeness (QED) is 0.417. The summed E-state index contributed by atoms with van der Waals surface area (Å²) in [5.41, 5.74) is 3.20. The van der Waals surface area contributed by atoms with Crippen molar-refractivity contribution in [1.29, 1.82) is 0 Å². The first-order valence-corrected chi connectivity index (χ1v) is 10.3. The second-order valence-electron chi connectivity index (χ2n) is 7.49. The molecule has 8 heteroatoms. The number of aromatic nitrogens is 6. The fourth-order valence-electron chi connectivity index (χ4n) is 3.77. The molecule has 1 unspecified atom stereocenters. The van der Waals surface area contributed by atoms with Gasteiger partial charge < -0.3 is 9.30 Å². The molecule has 8 nitrogen and oxygen atoms in total. The van der Waals surface area contributed by atoms with E-state index >= 15 is 0 Å². The minimum atomic E-state index is -0.150. The van der Waals surface area contributed by atoms with Crippen LogP contribution >= 0.6 is 0 Å². The molecule has 0 saturated heterocycles. The molecule has 0 N–H and O–H groups in total. The monoisotopic (exact) mass is 417 g/mol. The Hall–Kier alpha value is -3.36. The summed E-state index contributed by atoms with van der Waals surface area (Å²) in [4.78, 5) is 6.79. The van der Waals surface area contributed by atoms with Crippen LogP contribution in [-0.2, 0) is 17.8 Å². The minimum Gasteiger partial charge on any atom is -0.383 e. The Bertz CT molecular complexity index is 1110. The third kappa shape index (κ3) is 4.55. The Labute approximate surface area is 182 Å². The zero-order valence-electron chi connectivity index (χ0n) is 18.1. The summed E-state index contributed by atoms with van der Waals surface area (Å²) in [6.07, 6.45) is 3.81. The number of nitrogens with zero attached hydrogens (tertiary/aromatic N) is 7. The van der Waals surface area contributed by atoms with Gasteiger partial charge in [-0.1, -0.05) is 48.5 Å². The van der Waals surface area contributed by atoms with Crippen LogP contribution < -0.4 is 0 Å². The Balaban J connectivity index is 1.72. The summed E-state index contributed by atoms with van der Waals surface area (Å²) >= 11 is 0. The van der Waals surface area contributed by atoms with E-state index in [-0.39, 0.29) is 6.04 Å². The number of benzene rings is 2. The van der Waals surface area contributed by atoms with Crippen molar-refractivity contribution in [2.45, 2.75) is 26.1 Å². The Morgan fingerprint density at radius 1 is 1.06 bits per heavy atom. The van der Waals surface area contributed by atoms with Gasteiger partial charge in [0.25, 0.3) is 0 Å². The number of ether oxygens (including phenoxy) is 1. The highest BCUT2D eigenvalue weighted by Crippen LogP contribution is 2.29. The lowest BCUT2D eigenvalue weighted by molar-refractivity contribution is 0.183. The molecule has 160 valence electrons. The zero-order chi connectivity index (χ0) is 21.6. The largest absolute Gasteiger partial charge is 0.383 e. The summed E-state index contributed by atoms with van der Waals surface area (Å²) in [6.45, 7) is 4.10. The molecule has 0 amide bonds. The van der Waals surface area contributed by atoms with E-state index in [0.717, 1.165) is 35.0 Å².